The molecule has 0 amide bonds. The number of aliphatic hydroxyl groups excluding tert-OH is 2. The fourth-order valence-corrected chi connectivity index (χ4v) is 3.40. The average Bonchev–Trinajstić information content (AvgIpc) is 3.33. The van der Waals surface area contributed by atoms with Crippen molar-refractivity contribution in [3.63, 3.8) is 0 Å². The average molecular weight is 358 g/mol. The Balaban J connectivity index is 1.53. The Morgan fingerprint density at radius 1 is 0.577 bits per heavy atom. The summed E-state index contributed by atoms with van der Waals surface area (Å²) >= 11 is 0. The molecule has 0 spiro atoms. The second-order valence-corrected chi connectivity index (χ2v) is 6.40. The Labute approximate surface area is 151 Å². The van der Waals surface area contributed by atoms with Crippen molar-refractivity contribution >= 4 is 0 Å². The highest BCUT2D eigenvalue weighted by atomic mass is 16.8. The van der Waals surface area contributed by atoms with Crippen molar-refractivity contribution < 1.29 is 29.2 Å². The number of rotatable bonds is 5. The van der Waals surface area contributed by atoms with Gasteiger partial charge in [-0.05, 0) is 0 Å². The SMILES string of the molecule is OC[C@@H]1O[C@@H](c2ccccc2)O[C@@H]1[C@@H]1O[C@H](c2ccccc2)O[C@@H]1CO. The maximum atomic E-state index is 9.74. The van der Waals surface area contributed by atoms with Crippen molar-refractivity contribution in [2.24, 2.45) is 0 Å². The third-order valence-corrected chi connectivity index (χ3v) is 4.72. The lowest BCUT2D eigenvalue weighted by molar-refractivity contribution is -0.107. The third-order valence-electron chi connectivity index (χ3n) is 4.72. The number of hydrogen-bond donors (Lipinski definition) is 2. The van der Waals surface area contributed by atoms with E-state index in [1.807, 2.05) is 60.7 Å². The molecule has 2 aliphatic rings. The summed E-state index contributed by atoms with van der Waals surface area (Å²) in [6.45, 7) is -0.413. The highest BCUT2D eigenvalue weighted by Gasteiger charge is 2.49. The molecule has 6 nitrogen and oxygen atoms in total. The van der Waals surface area contributed by atoms with Crippen LogP contribution in [0, 0.1) is 0 Å². The second-order valence-electron chi connectivity index (χ2n) is 6.40. The van der Waals surface area contributed by atoms with Crippen molar-refractivity contribution in [2.75, 3.05) is 13.2 Å². The highest BCUT2D eigenvalue weighted by molar-refractivity contribution is 5.18. The Morgan fingerprint density at radius 2 is 0.962 bits per heavy atom. The maximum absolute atomic E-state index is 9.74. The summed E-state index contributed by atoms with van der Waals surface area (Å²) in [5.74, 6) is 0. The monoisotopic (exact) mass is 358 g/mol. The van der Waals surface area contributed by atoms with Crippen LogP contribution >= 0.6 is 0 Å². The molecule has 0 aromatic heterocycles. The van der Waals surface area contributed by atoms with Crippen LogP contribution in [0.4, 0.5) is 0 Å². The van der Waals surface area contributed by atoms with E-state index in [4.69, 9.17) is 18.9 Å². The molecule has 2 aliphatic heterocycles. The minimum absolute atomic E-state index is 0.206. The Kier molecular flexibility index (Phi) is 5.31. The van der Waals surface area contributed by atoms with E-state index in [0.29, 0.717) is 0 Å². The first-order valence-electron chi connectivity index (χ1n) is 8.73. The molecule has 2 aromatic rings. The standard InChI is InChI=1S/C20H22O6/c21-11-15-17(25-19(23-15)13-7-3-1-4-8-13)18-16(12-22)24-20(26-18)14-9-5-2-6-10-14/h1-10,15-22H,11-12H2/t15-,16+,17-,18+,19-,20-/m1/s1. The zero-order valence-corrected chi connectivity index (χ0v) is 14.2. The molecule has 138 valence electrons. The molecular weight excluding hydrogens is 336 g/mol. The van der Waals surface area contributed by atoms with Crippen LogP contribution in [-0.2, 0) is 18.9 Å². The van der Waals surface area contributed by atoms with E-state index < -0.39 is 37.0 Å². The molecule has 4 rings (SSSR count). The first-order chi connectivity index (χ1) is 12.8. The van der Waals surface area contributed by atoms with Crippen LogP contribution in [-0.4, -0.2) is 47.8 Å². The lowest BCUT2D eigenvalue weighted by atomic mass is 10.0. The van der Waals surface area contributed by atoms with Gasteiger partial charge in [-0.15, -0.1) is 0 Å². The van der Waals surface area contributed by atoms with Gasteiger partial charge in [0.05, 0.1) is 13.2 Å². The summed E-state index contributed by atoms with van der Waals surface area (Å²) in [6, 6.07) is 19.1. The minimum Gasteiger partial charge on any atom is -0.394 e. The lowest BCUT2D eigenvalue weighted by Gasteiger charge is -2.23. The molecule has 26 heavy (non-hydrogen) atoms. The predicted octanol–water partition coefficient (Wildman–Crippen LogP) is 1.94. The topological polar surface area (TPSA) is 77.4 Å². The first-order valence-corrected chi connectivity index (χ1v) is 8.73. The molecule has 2 aromatic carbocycles. The van der Waals surface area contributed by atoms with Crippen LogP contribution in [0.15, 0.2) is 60.7 Å². The van der Waals surface area contributed by atoms with Gasteiger partial charge in [0.1, 0.15) is 24.4 Å². The number of aliphatic hydroxyl groups is 2. The summed E-state index contributed by atoms with van der Waals surface area (Å²) in [5.41, 5.74) is 1.74. The normalized spacial score (nSPS) is 34.2. The first kappa shape index (κ1) is 17.6. The van der Waals surface area contributed by atoms with Gasteiger partial charge < -0.3 is 29.2 Å². The van der Waals surface area contributed by atoms with Gasteiger partial charge in [-0.25, -0.2) is 0 Å². The Bertz CT molecular complexity index is 632. The van der Waals surface area contributed by atoms with E-state index in [-0.39, 0.29) is 13.2 Å². The fraction of sp³-hybridized carbons (Fsp3) is 0.400. The highest BCUT2D eigenvalue weighted by Crippen LogP contribution is 2.40. The van der Waals surface area contributed by atoms with Crippen molar-refractivity contribution in [3.05, 3.63) is 71.8 Å². The zero-order valence-electron chi connectivity index (χ0n) is 14.2. The van der Waals surface area contributed by atoms with Crippen LogP contribution in [0.3, 0.4) is 0 Å². The van der Waals surface area contributed by atoms with E-state index in [1.54, 1.807) is 0 Å². The molecule has 0 saturated carbocycles. The molecule has 2 fully saturated rings. The van der Waals surface area contributed by atoms with Gasteiger partial charge in [0.25, 0.3) is 0 Å². The smallest absolute Gasteiger partial charge is 0.184 e. The van der Waals surface area contributed by atoms with Gasteiger partial charge >= 0.3 is 0 Å². The van der Waals surface area contributed by atoms with Crippen LogP contribution < -0.4 is 0 Å². The molecule has 0 bridgehead atoms. The second kappa shape index (κ2) is 7.84. The Morgan fingerprint density at radius 3 is 1.31 bits per heavy atom. The van der Waals surface area contributed by atoms with E-state index in [1.165, 1.54) is 0 Å². The molecule has 2 N–H and O–H groups in total. The van der Waals surface area contributed by atoms with E-state index in [2.05, 4.69) is 0 Å². The van der Waals surface area contributed by atoms with E-state index >= 15 is 0 Å². The largest absolute Gasteiger partial charge is 0.394 e. The minimum atomic E-state index is -0.586. The summed E-state index contributed by atoms with van der Waals surface area (Å²) in [7, 11) is 0. The van der Waals surface area contributed by atoms with Crippen LogP contribution in [0.25, 0.3) is 0 Å². The third kappa shape index (κ3) is 3.40. The number of benzene rings is 2. The van der Waals surface area contributed by atoms with Gasteiger partial charge in [-0.1, -0.05) is 60.7 Å². The van der Waals surface area contributed by atoms with Gasteiger partial charge in [0.15, 0.2) is 12.6 Å². The van der Waals surface area contributed by atoms with Gasteiger partial charge in [-0.2, -0.15) is 0 Å². The maximum Gasteiger partial charge on any atom is 0.184 e. The zero-order chi connectivity index (χ0) is 17.9. The summed E-state index contributed by atoms with van der Waals surface area (Å²) in [4.78, 5) is 0. The predicted molar refractivity (Wildman–Crippen MR) is 92.0 cm³/mol. The van der Waals surface area contributed by atoms with Crippen molar-refractivity contribution in [1.29, 1.82) is 0 Å². The van der Waals surface area contributed by atoms with Crippen LogP contribution in [0.1, 0.15) is 23.7 Å². The summed E-state index contributed by atoms with van der Waals surface area (Å²) in [6.07, 6.45) is -3.38. The molecule has 0 aliphatic carbocycles. The van der Waals surface area contributed by atoms with E-state index in [0.717, 1.165) is 11.1 Å². The molecular formula is C20H22O6. The molecule has 0 unspecified atom stereocenters. The number of hydrogen-bond acceptors (Lipinski definition) is 6. The number of ether oxygens (including phenoxy) is 4. The molecule has 2 heterocycles. The lowest BCUT2D eigenvalue weighted by Crippen LogP contribution is -2.44. The van der Waals surface area contributed by atoms with Gasteiger partial charge in [0.2, 0.25) is 0 Å². The van der Waals surface area contributed by atoms with Gasteiger partial charge in [0, 0.05) is 11.1 Å². The van der Waals surface area contributed by atoms with E-state index in [9.17, 15) is 10.2 Å². The van der Waals surface area contributed by atoms with Crippen molar-refractivity contribution in [1.82, 2.24) is 0 Å². The fourth-order valence-electron chi connectivity index (χ4n) is 3.40. The van der Waals surface area contributed by atoms with Crippen molar-refractivity contribution in [3.8, 4) is 0 Å². The van der Waals surface area contributed by atoms with Crippen molar-refractivity contribution in [2.45, 2.75) is 37.0 Å². The molecule has 2 saturated heterocycles. The van der Waals surface area contributed by atoms with Crippen LogP contribution in [0.5, 0.6) is 0 Å². The molecule has 6 heteroatoms. The quantitative estimate of drug-likeness (QED) is 0.851. The molecule has 6 atom stereocenters. The van der Waals surface area contributed by atoms with Gasteiger partial charge in [-0.3, -0.25) is 0 Å². The summed E-state index contributed by atoms with van der Waals surface area (Å²) < 4.78 is 23.8. The molecule has 0 radical (unpaired) electrons. The summed E-state index contributed by atoms with van der Waals surface area (Å²) in [5, 5.41) is 19.5. The van der Waals surface area contributed by atoms with Crippen LogP contribution in [0.2, 0.25) is 0 Å². The Hall–Kier alpha value is -1.80.